The molecule has 3 aromatic carbocycles. The second kappa shape index (κ2) is 21.0. The van der Waals surface area contributed by atoms with E-state index in [4.69, 9.17) is 25.6 Å². The molecule has 5 rings (SSSR count). The van der Waals surface area contributed by atoms with Gasteiger partial charge in [0.25, 0.3) is 0 Å². The zero-order valence-corrected chi connectivity index (χ0v) is 33.1. The van der Waals surface area contributed by atoms with Crippen LogP contribution in [0.25, 0.3) is 0 Å². The highest BCUT2D eigenvalue weighted by Crippen LogP contribution is 2.39. The Morgan fingerprint density at radius 1 is 1.09 bits per heavy atom. The molecule has 0 spiro atoms. The molecule has 56 heavy (non-hydrogen) atoms. The third-order valence-electron chi connectivity index (χ3n) is 9.30. The molecule has 0 radical (unpaired) electrons. The molecule has 15 heteroatoms. The number of nitroso groups, excluding NO2 is 1. The number of carbonyl (C=O) groups excluding carboxylic acids is 1. The summed E-state index contributed by atoms with van der Waals surface area (Å²) in [5, 5.41) is -0.320. The van der Waals surface area contributed by atoms with Crippen molar-refractivity contribution in [1.29, 1.82) is 0 Å². The lowest BCUT2D eigenvalue weighted by molar-refractivity contribution is -0.144. The lowest BCUT2D eigenvalue weighted by Gasteiger charge is -2.30. The molecule has 0 amide bonds. The fourth-order valence-corrected chi connectivity index (χ4v) is 7.83. The van der Waals surface area contributed by atoms with Crippen molar-refractivity contribution in [3.8, 4) is 5.75 Å². The summed E-state index contributed by atoms with van der Waals surface area (Å²) in [4.78, 5) is 37.3. The van der Waals surface area contributed by atoms with Crippen molar-refractivity contribution in [1.82, 2.24) is 4.90 Å². The van der Waals surface area contributed by atoms with E-state index in [0.717, 1.165) is 35.6 Å². The molecule has 0 saturated heterocycles. The van der Waals surface area contributed by atoms with Crippen LogP contribution in [0.1, 0.15) is 66.7 Å². The van der Waals surface area contributed by atoms with Crippen LogP contribution in [0.2, 0.25) is 5.02 Å². The van der Waals surface area contributed by atoms with Crippen LogP contribution in [0.15, 0.2) is 118 Å². The molecule has 1 N–H and O–H groups in total. The summed E-state index contributed by atoms with van der Waals surface area (Å²) in [5.74, 6) is -0.484. The Labute approximate surface area is 334 Å². The number of alkyl halides is 3. The van der Waals surface area contributed by atoms with E-state index in [0.29, 0.717) is 54.3 Å². The Balaban J connectivity index is 1.23. The fourth-order valence-electron chi connectivity index (χ4n) is 6.50. The molecule has 2 unspecified atom stereocenters. The number of allylic oxidation sites excluding steroid dienone is 6. The Hall–Kier alpha value is -4.00. The van der Waals surface area contributed by atoms with Gasteiger partial charge in [-0.1, -0.05) is 83.9 Å². The summed E-state index contributed by atoms with van der Waals surface area (Å²) >= 11 is 7.64. The van der Waals surface area contributed by atoms with E-state index in [9.17, 15) is 27.8 Å². The molecule has 0 bridgehead atoms. The normalized spacial score (nSPS) is 15.4. The largest absolute Gasteiger partial charge is 0.493 e. The van der Waals surface area contributed by atoms with Crippen molar-refractivity contribution >= 4 is 37.9 Å². The van der Waals surface area contributed by atoms with Gasteiger partial charge in [-0.05, 0) is 66.8 Å². The number of hydrogen-bond acceptors (Lipinski definition) is 9. The third kappa shape index (κ3) is 12.5. The Morgan fingerprint density at radius 2 is 1.89 bits per heavy atom. The maximum Gasteiger partial charge on any atom is 0.417 e. The van der Waals surface area contributed by atoms with Crippen LogP contribution in [0.5, 0.6) is 5.75 Å². The van der Waals surface area contributed by atoms with Crippen molar-refractivity contribution < 1.29 is 41.2 Å². The number of esters is 1. The first-order chi connectivity index (χ1) is 26.9. The predicted molar refractivity (Wildman–Crippen MR) is 211 cm³/mol. The number of rotatable bonds is 19. The maximum atomic E-state index is 15.4. The molecule has 3 aromatic rings. The molecule has 0 saturated carbocycles. The van der Waals surface area contributed by atoms with Crippen LogP contribution in [0.4, 0.5) is 17.6 Å². The first-order valence-corrected chi connectivity index (χ1v) is 20.7. The van der Waals surface area contributed by atoms with Gasteiger partial charge in [0.1, 0.15) is 23.9 Å². The Bertz CT molecular complexity index is 1960. The smallest absolute Gasteiger partial charge is 0.417 e. The van der Waals surface area contributed by atoms with Crippen LogP contribution < -0.4 is 4.74 Å². The van der Waals surface area contributed by atoms with E-state index >= 15 is 4.39 Å². The minimum Gasteiger partial charge on any atom is -0.493 e. The number of halogens is 5. The number of hydrogen-bond donors (Lipinski definition) is 1. The summed E-state index contributed by atoms with van der Waals surface area (Å²) in [6.07, 6.45) is 10.0. The van der Waals surface area contributed by atoms with Crippen LogP contribution in [0.3, 0.4) is 0 Å². The first kappa shape index (κ1) is 43.1. The van der Waals surface area contributed by atoms with Crippen LogP contribution >= 0.6 is 31.9 Å². The molecule has 0 aliphatic heterocycles. The number of thioether (sulfide) groups is 1. The van der Waals surface area contributed by atoms with E-state index in [-0.39, 0.29) is 42.7 Å². The van der Waals surface area contributed by atoms with Crippen molar-refractivity contribution in [3.63, 3.8) is 0 Å². The van der Waals surface area contributed by atoms with Crippen LogP contribution in [-0.4, -0.2) is 41.7 Å². The second-order valence-corrected chi connectivity index (χ2v) is 15.2. The van der Waals surface area contributed by atoms with Crippen molar-refractivity contribution in [2.24, 2.45) is 4.95 Å². The molecule has 298 valence electrons. The monoisotopic (exact) mass is 832 g/mol. The number of carbonyl (C=O) groups is 1. The van der Waals surface area contributed by atoms with E-state index in [1.54, 1.807) is 30.5 Å². The van der Waals surface area contributed by atoms with Gasteiger partial charge in [0.15, 0.2) is 0 Å². The number of benzene rings is 3. The zero-order chi connectivity index (χ0) is 40.1. The molecule has 2 aliphatic carbocycles. The molecule has 0 fully saturated rings. The zero-order valence-electron chi connectivity index (χ0n) is 30.6. The van der Waals surface area contributed by atoms with E-state index in [2.05, 4.69) is 40.2 Å². The second-order valence-electron chi connectivity index (χ2n) is 13.2. The highest BCUT2D eigenvalue weighted by Gasteiger charge is 2.34. The molecule has 2 aliphatic rings. The van der Waals surface area contributed by atoms with E-state index < -0.39 is 32.1 Å². The average Bonchev–Trinajstić information content (AvgIpc) is 3.19. The van der Waals surface area contributed by atoms with Gasteiger partial charge in [0.05, 0.1) is 23.6 Å². The van der Waals surface area contributed by atoms with Gasteiger partial charge in [0.2, 0.25) is 0 Å². The minimum atomic E-state index is -4.59. The van der Waals surface area contributed by atoms with Crippen LogP contribution in [0, 0.1) is 10.7 Å². The Kier molecular flexibility index (Phi) is 16.1. The number of ether oxygens (including phenoxy) is 2. The van der Waals surface area contributed by atoms with Gasteiger partial charge in [0, 0.05) is 53.4 Å². The number of nitrogens with zero attached hydrogens (tertiary/aromatic N) is 2. The molecule has 2 atom stereocenters. The molecule has 0 heterocycles. The quantitative estimate of drug-likeness (QED) is 0.0318. The Morgan fingerprint density at radius 3 is 2.57 bits per heavy atom. The van der Waals surface area contributed by atoms with E-state index in [1.165, 1.54) is 23.9 Å². The standard InChI is InChI=1S/C41H42ClF4N2O6PS/c1-56-38-24-33(23-37(43)35(38)27-53-39(49)22-28-16-18-32(19-17-28)54-55(51)47-50)52-21-9-20-48(25-31-14-8-15-36(40(31)42)41(44,45)46)26-34(29-10-4-2-5-11-29)30-12-6-3-7-13-30/h2,4-6,8,10-16,18,23-24,34,51H,3,7,9,17,19-22,25-27H2,1H3. The van der Waals surface area contributed by atoms with Gasteiger partial charge < -0.3 is 18.9 Å². The average molecular weight is 833 g/mol. The highest BCUT2D eigenvalue weighted by molar-refractivity contribution is 7.98. The summed E-state index contributed by atoms with van der Waals surface area (Å²) in [6, 6.07) is 16.9. The lowest BCUT2D eigenvalue weighted by Crippen LogP contribution is -2.31. The molecular formula is C41H42ClF4N2O6PS. The molecule has 0 aromatic heterocycles. The van der Waals surface area contributed by atoms with Gasteiger partial charge in [-0.2, -0.15) is 13.2 Å². The predicted octanol–water partition coefficient (Wildman–Crippen LogP) is 11.6. The minimum absolute atomic E-state index is 0.0155. The first-order valence-electron chi connectivity index (χ1n) is 18.0. The summed E-state index contributed by atoms with van der Waals surface area (Å²) in [7, 11) is -2.41. The fraction of sp³-hybridized carbons (Fsp3) is 0.341. The van der Waals surface area contributed by atoms with Gasteiger partial charge in [-0.3, -0.25) is 9.69 Å². The van der Waals surface area contributed by atoms with E-state index in [1.807, 2.05) is 18.2 Å². The van der Waals surface area contributed by atoms with Crippen molar-refractivity contribution in [3.05, 3.63) is 146 Å². The molecular weight excluding hydrogens is 791 g/mol. The van der Waals surface area contributed by atoms with Crippen molar-refractivity contribution in [2.75, 3.05) is 26.0 Å². The van der Waals surface area contributed by atoms with Gasteiger partial charge in [-0.15, -0.1) is 16.7 Å². The summed E-state index contributed by atoms with van der Waals surface area (Å²) in [6.45, 7) is 1.07. The topological polar surface area (TPSA) is 97.7 Å². The van der Waals surface area contributed by atoms with Gasteiger partial charge in [-0.25, -0.2) is 4.39 Å². The summed E-state index contributed by atoms with van der Waals surface area (Å²) in [5.41, 5.74) is 2.70. The van der Waals surface area contributed by atoms with Gasteiger partial charge >= 0.3 is 20.7 Å². The highest BCUT2D eigenvalue weighted by atomic mass is 35.5. The summed E-state index contributed by atoms with van der Waals surface area (Å²) < 4.78 is 73.2. The lowest BCUT2D eigenvalue weighted by atomic mass is 9.87. The SMILES string of the molecule is CSc1cc(OCCCN(Cc2cccc(C(F)(F)F)c2Cl)CC(C2=CCCC=C2)c2ccccc2)cc(F)c1COC(=O)CC1=CC=C(OP(O)N=O)CC1. The maximum absolute atomic E-state index is 15.4. The van der Waals surface area contributed by atoms with Crippen molar-refractivity contribution in [2.45, 2.75) is 68.7 Å². The van der Waals surface area contributed by atoms with Crippen LogP contribution in [-0.2, 0) is 33.4 Å². The third-order valence-corrected chi connectivity index (χ3v) is 11.1. The molecule has 8 nitrogen and oxygen atoms in total.